The fraction of sp³-hybridized carbons (Fsp3) is 0.647. The first kappa shape index (κ1) is 18.2. The van der Waals surface area contributed by atoms with Crippen molar-refractivity contribution in [2.24, 2.45) is 5.92 Å². The fourth-order valence-corrected chi connectivity index (χ4v) is 4.32. The van der Waals surface area contributed by atoms with Crippen LogP contribution >= 0.6 is 0 Å². The minimum Gasteiger partial charge on any atom is -0.309 e. The van der Waals surface area contributed by atoms with Crippen LogP contribution in [0.5, 0.6) is 0 Å². The van der Waals surface area contributed by atoms with E-state index >= 15 is 0 Å². The van der Waals surface area contributed by atoms with Crippen molar-refractivity contribution >= 4 is 9.84 Å². The summed E-state index contributed by atoms with van der Waals surface area (Å²) in [7, 11) is -3.04. The van der Waals surface area contributed by atoms with Gasteiger partial charge >= 0.3 is 0 Å². The van der Waals surface area contributed by atoms with E-state index in [9.17, 15) is 8.42 Å². The van der Waals surface area contributed by atoms with Crippen LogP contribution in [0.25, 0.3) is 0 Å². The zero-order chi connectivity index (χ0) is 15.9. The summed E-state index contributed by atoms with van der Waals surface area (Å²) in [6.45, 7) is 8.99. The molecule has 0 amide bonds. The molecular formula is C17H29NO2S. The molecule has 0 saturated heterocycles. The number of hydrogen-bond acceptors (Lipinski definition) is 3. The molecule has 0 bridgehead atoms. The molecule has 0 aliphatic carbocycles. The highest BCUT2D eigenvalue weighted by molar-refractivity contribution is 7.91. The Kier molecular flexibility index (Phi) is 7.40. The molecule has 1 aromatic carbocycles. The van der Waals surface area contributed by atoms with Gasteiger partial charge in [0.05, 0.1) is 11.5 Å². The number of sulfone groups is 1. The highest BCUT2D eigenvalue weighted by Gasteiger charge is 2.22. The average molecular weight is 311 g/mol. The lowest BCUT2D eigenvalue weighted by molar-refractivity contribution is 0.533. The van der Waals surface area contributed by atoms with Crippen molar-refractivity contribution in [2.45, 2.75) is 46.6 Å². The Hall–Kier alpha value is -0.870. The number of hydrogen-bond donors (Lipinski definition) is 1. The van der Waals surface area contributed by atoms with Gasteiger partial charge in [-0.05, 0) is 31.4 Å². The maximum absolute atomic E-state index is 12.4. The summed E-state index contributed by atoms with van der Waals surface area (Å²) in [4.78, 5) is 0. The van der Waals surface area contributed by atoms with Crippen LogP contribution in [-0.4, -0.2) is 26.5 Å². The SMILES string of the molecule is CCCNC(CS(=O)(=O)CC(C)CC)c1ccc(C)cc1. The zero-order valence-corrected chi connectivity index (χ0v) is 14.5. The molecule has 0 radical (unpaired) electrons. The van der Waals surface area contributed by atoms with E-state index in [4.69, 9.17) is 0 Å². The van der Waals surface area contributed by atoms with Crippen LogP contribution in [0.4, 0.5) is 0 Å². The fourth-order valence-electron chi connectivity index (χ4n) is 2.26. The smallest absolute Gasteiger partial charge is 0.152 e. The molecule has 0 spiro atoms. The molecule has 0 aliphatic heterocycles. The average Bonchev–Trinajstić information content (AvgIpc) is 2.43. The molecule has 21 heavy (non-hydrogen) atoms. The van der Waals surface area contributed by atoms with E-state index in [0.717, 1.165) is 24.9 Å². The first-order valence-electron chi connectivity index (χ1n) is 7.88. The van der Waals surface area contributed by atoms with Gasteiger partial charge in [-0.25, -0.2) is 8.42 Å². The van der Waals surface area contributed by atoms with Crippen molar-refractivity contribution in [3.8, 4) is 0 Å². The number of rotatable bonds is 9. The van der Waals surface area contributed by atoms with Crippen molar-refractivity contribution in [1.82, 2.24) is 5.32 Å². The van der Waals surface area contributed by atoms with Crippen LogP contribution in [0.2, 0.25) is 0 Å². The molecule has 1 rings (SSSR count). The van der Waals surface area contributed by atoms with Crippen molar-refractivity contribution < 1.29 is 8.42 Å². The van der Waals surface area contributed by atoms with Crippen LogP contribution in [0.15, 0.2) is 24.3 Å². The van der Waals surface area contributed by atoms with E-state index in [2.05, 4.69) is 12.2 Å². The normalized spacial score (nSPS) is 14.9. The Labute approximate surface area is 130 Å². The Morgan fingerprint density at radius 2 is 1.71 bits per heavy atom. The molecule has 4 heteroatoms. The molecule has 0 saturated carbocycles. The van der Waals surface area contributed by atoms with E-state index in [1.54, 1.807) is 0 Å². The maximum Gasteiger partial charge on any atom is 0.152 e. The number of nitrogens with one attached hydrogen (secondary N) is 1. The minimum absolute atomic E-state index is 0.111. The summed E-state index contributed by atoms with van der Waals surface area (Å²) in [6.07, 6.45) is 1.89. The molecule has 2 atom stereocenters. The molecule has 2 unspecified atom stereocenters. The second kappa shape index (κ2) is 8.54. The minimum atomic E-state index is -3.04. The highest BCUT2D eigenvalue weighted by atomic mass is 32.2. The standard InChI is InChI=1S/C17H29NO2S/c1-5-11-18-17(16-9-7-15(4)8-10-16)13-21(19,20)12-14(3)6-2/h7-10,14,17-18H,5-6,11-13H2,1-4H3. The largest absolute Gasteiger partial charge is 0.309 e. The third-order valence-electron chi connectivity index (χ3n) is 3.78. The Bertz CT molecular complexity index is 508. The lowest BCUT2D eigenvalue weighted by atomic mass is 10.1. The third kappa shape index (κ3) is 6.62. The second-order valence-corrected chi connectivity index (χ2v) is 8.16. The molecule has 3 nitrogen and oxygen atoms in total. The van der Waals surface area contributed by atoms with E-state index in [0.29, 0.717) is 0 Å². The van der Waals surface area contributed by atoms with E-state index in [1.807, 2.05) is 45.0 Å². The summed E-state index contributed by atoms with van der Waals surface area (Å²) in [5.74, 6) is 0.680. The molecule has 0 aliphatic rings. The van der Waals surface area contributed by atoms with Gasteiger partial charge in [-0.2, -0.15) is 0 Å². The van der Waals surface area contributed by atoms with Gasteiger partial charge in [0.25, 0.3) is 0 Å². The molecule has 1 N–H and O–H groups in total. The first-order chi connectivity index (χ1) is 9.88. The summed E-state index contributed by atoms with van der Waals surface area (Å²) >= 11 is 0. The van der Waals surface area contributed by atoms with Gasteiger partial charge in [0.1, 0.15) is 0 Å². The van der Waals surface area contributed by atoms with Crippen molar-refractivity contribution in [2.75, 3.05) is 18.1 Å². The van der Waals surface area contributed by atoms with Gasteiger partial charge in [0.15, 0.2) is 9.84 Å². The molecule has 0 aromatic heterocycles. The highest BCUT2D eigenvalue weighted by Crippen LogP contribution is 2.18. The number of aryl methyl sites for hydroxylation is 1. The van der Waals surface area contributed by atoms with E-state index in [1.165, 1.54) is 5.56 Å². The zero-order valence-electron chi connectivity index (χ0n) is 13.7. The molecule has 0 fully saturated rings. The molecular weight excluding hydrogens is 282 g/mol. The predicted molar refractivity (Wildman–Crippen MR) is 90.3 cm³/mol. The topological polar surface area (TPSA) is 46.2 Å². The van der Waals surface area contributed by atoms with Gasteiger partial charge in [-0.15, -0.1) is 0 Å². The van der Waals surface area contributed by atoms with Gasteiger partial charge in [0.2, 0.25) is 0 Å². The van der Waals surface area contributed by atoms with Gasteiger partial charge < -0.3 is 5.32 Å². The predicted octanol–water partition coefficient (Wildman–Crippen LogP) is 3.50. The van der Waals surface area contributed by atoms with Gasteiger partial charge in [-0.1, -0.05) is 57.0 Å². The maximum atomic E-state index is 12.4. The molecule has 0 heterocycles. The molecule has 1 aromatic rings. The van der Waals surface area contributed by atoms with Gasteiger partial charge in [-0.3, -0.25) is 0 Å². The second-order valence-electron chi connectivity index (χ2n) is 6.01. The third-order valence-corrected chi connectivity index (χ3v) is 5.69. The first-order valence-corrected chi connectivity index (χ1v) is 9.70. The monoisotopic (exact) mass is 311 g/mol. The van der Waals surface area contributed by atoms with Crippen molar-refractivity contribution in [3.05, 3.63) is 35.4 Å². The van der Waals surface area contributed by atoms with Crippen LogP contribution < -0.4 is 5.32 Å². The summed E-state index contributed by atoms with van der Waals surface area (Å²) in [5.41, 5.74) is 2.25. The van der Waals surface area contributed by atoms with Crippen LogP contribution in [0.3, 0.4) is 0 Å². The van der Waals surface area contributed by atoms with E-state index in [-0.39, 0.29) is 23.5 Å². The summed E-state index contributed by atoms with van der Waals surface area (Å²) in [5, 5.41) is 3.37. The van der Waals surface area contributed by atoms with Crippen LogP contribution in [-0.2, 0) is 9.84 Å². The Morgan fingerprint density at radius 1 is 1.10 bits per heavy atom. The summed E-state index contributed by atoms with van der Waals surface area (Å²) < 4.78 is 24.7. The van der Waals surface area contributed by atoms with Gasteiger partial charge in [0, 0.05) is 6.04 Å². The molecule has 120 valence electrons. The quantitative estimate of drug-likeness (QED) is 0.759. The van der Waals surface area contributed by atoms with Crippen molar-refractivity contribution in [3.63, 3.8) is 0 Å². The van der Waals surface area contributed by atoms with Crippen LogP contribution in [0.1, 0.15) is 50.8 Å². The van der Waals surface area contributed by atoms with Crippen molar-refractivity contribution in [1.29, 1.82) is 0 Å². The van der Waals surface area contributed by atoms with Crippen LogP contribution in [0, 0.1) is 12.8 Å². The lowest BCUT2D eigenvalue weighted by Gasteiger charge is -2.20. The Balaban J connectivity index is 2.85. The number of benzene rings is 1. The summed E-state index contributed by atoms with van der Waals surface area (Å²) in [6, 6.07) is 8.02. The lowest BCUT2D eigenvalue weighted by Crippen LogP contribution is -2.31. The Morgan fingerprint density at radius 3 is 2.24 bits per heavy atom. The van der Waals surface area contributed by atoms with E-state index < -0.39 is 9.84 Å².